The lowest BCUT2D eigenvalue weighted by Crippen LogP contribution is -2.26. The summed E-state index contributed by atoms with van der Waals surface area (Å²) in [6.45, 7) is 4.94. The van der Waals surface area contributed by atoms with Crippen LogP contribution in [0.2, 0.25) is 0 Å². The minimum absolute atomic E-state index is 0.0205. The van der Waals surface area contributed by atoms with Crippen LogP contribution < -0.4 is 10.1 Å². The minimum Gasteiger partial charge on any atom is -0.507 e. The summed E-state index contributed by atoms with van der Waals surface area (Å²) in [6.07, 6.45) is 3.27. The first-order chi connectivity index (χ1) is 15.2. The molecule has 1 aliphatic rings. The normalized spacial score (nSPS) is 13.0. The largest absolute Gasteiger partial charge is 0.507 e. The molecule has 0 radical (unpaired) electrons. The fourth-order valence-corrected chi connectivity index (χ4v) is 3.65. The van der Waals surface area contributed by atoms with Crippen molar-refractivity contribution in [2.24, 2.45) is 0 Å². The zero-order chi connectivity index (χ0) is 23.4. The van der Waals surface area contributed by atoms with E-state index in [2.05, 4.69) is 5.32 Å². The molecule has 8 nitrogen and oxygen atoms in total. The summed E-state index contributed by atoms with van der Waals surface area (Å²) in [5.74, 6) is -0.953. The van der Waals surface area contributed by atoms with Gasteiger partial charge in [-0.05, 0) is 39.6 Å². The summed E-state index contributed by atoms with van der Waals surface area (Å²) in [7, 11) is 3.84. The van der Waals surface area contributed by atoms with Crippen LogP contribution in [0.15, 0.2) is 36.4 Å². The van der Waals surface area contributed by atoms with Gasteiger partial charge in [-0.3, -0.25) is 9.59 Å². The van der Waals surface area contributed by atoms with Gasteiger partial charge in [-0.1, -0.05) is 18.2 Å². The van der Waals surface area contributed by atoms with E-state index in [0.29, 0.717) is 24.3 Å². The van der Waals surface area contributed by atoms with Gasteiger partial charge >= 0.3 is 0 Å². The minimum atomic E-state index is -0.409. The highest BCUT2D eigenvalue weighted by Crippen LogP contribution is 2.40. The fourth-order valence-electron chi connectivity index (χ4n) is 3.65. The molecule has 0 saturated carbocycles. The van der Waals surface area contributed by atoms with Crippen molar-refractivity contribution in [1.82, 2.24) is 9.80 Å². The Hall–Kier alpha value is -3.52. The number of nitrogens with one attached hydrogen (secondary N) is 1. The third-order valence-electron chi connectivity index (χ3n) is 5.25. The van der Waals surface area contributed by atoms with Crippen molar-refractivity contribution in [2.45, 2.75) is 26.9 Å². The second kappa shape index (κ2) is 9.74. The van der Waals surface area contributed by atoms with E-state index in [4.69, 9.17) is 4.74 Å². The number of anilines is 1. The standard InChI is InChI=1S/C24H29N3O5/c1-5-32-23-15(2)19(28)12-20(29)22(23)24(31)27-13-16-8-6-9-18(17(16)14-27)25-21(30)10-7-11-26(3)4/h6-10,12,28-29H,5,11,13-14H2,1-4H3,(H,25,30)/b10-7+. The third kappa shape index (κ3) is 4.86. The van der Waals surface area contributed by atoms with Crippen LogP contribution in [-0.4, -0.2) is 59.1 Å². The number of benzene rings is 2. The number of carbonyl (C=O) groups is 2. The Balaban J connectivity index is 1.84. The van der Waals surface area contributed by atoms with Crippen LogP contribution >= 0.6 is 0 Å². The van der Waals surface area contributed by atoms with Crippen LogP contribution in [0, 0.1) is 6.92 Å². The van der Waals surface area contributed by atoms with Gasteiger partial charge < -0.3 is 30.1 Å². The van der Waals surface area contributed by atoms with Gasteiger partial charge in [0.2, 0.25) is 5.91 Å². The monoisotopic (exact) mass is 439 g/mol. The number of phenolic OH excluding ortho intramolecular Hbond substituents is 2. The van der Waals surface area contributed by atoms with Gasteiger partial charge in [0.15, 0.2) is 0 Å². The van der Waals surface area contributed by atoms with Crippen molar-refractivity contribution in [3.05, 3.63) is 58.7 Å². The number of amides is 2. The first-order valence-corrected chi connectivity index (χ1v) is 10.4. The lowest BCUT2D eigenvalue weighted by atomic mass is 10.1. The molecule has 2 aromatic carbocycles. The Labute approximate surface area is 187 Å². The number of hydrogen-bond acceptors (Lipinski definition) is 6. The summed E-state index contributed by atoms with van der Waals surface area (Å²) in [6, 6.07) is 6.70. The number of phenols is 2. The molecule has 3 N–H and O–H groups in total. The highest BCUT2D eigenvalue weighted by molar-refractivity contribution is 6.02. The van der Waals surface area contributed by atoms with E-state index in [9.17, 15) is 19.8 Å². The predicted octanol–water partition coefficient (Wildman–Crippen LogP) is 3.02. The van der Waals surface area contributed by atoms with Gasteiger partial charge in [0, 0.05) is 48.6 Å². The number of nitrogens with zero attached hydrogens (tertiary/aromatic N) is 2. The SMILES string of the molecule is CCOc1c(C)c(O)cc(O)c1C(=O)N1Cc2cccc(NC(=O)/C=C/CN(C)C)c2C1. The molecule has 0 spiro atoms. The van der Waals surface area contributed by atoms with Crippen LogP contribution in [0.25, 0.3) is 0 Å². The molecule has 0 aromatic heterocycles. The zero-order valence-corrected chi connectivity index (χ0v) is 18.8. The summed E-state index contributed by atoms with van der Waals surface area (Å²) >= 11 is 0. The first-order valence-electron chi connectivity index (χ1n) is 10.4. The maximum Gasteiger partial charge on any atom is 0.262 e. The Kier molecular flexibility index (Phi) is 7.05. The topological polar surface area (TPSA) is 102 Å². The maximum absolute atomic E-state index is 13.3. The molecule has 1 aliphatic heterocycles. The molecular weight excluding hydrogens is 410 g/mol. The fraction of sp³-hybridized carbons (Fsp3) is 0.333. The second-order valence-electron chi connectivity index (χ2n) is 7.94. The van der Waals surface area contributed by atoms with Gasteiger partial charge in [0.25, 0.3) is 5.91 Å². The molecular formula is C24H29N3O5. The lowest BCUT2D eigenvalue weighted by molar-refractivity contribution is -0.111. The number of carbonyl (C=O) groups excluding carboxylic acids is 2. The van der Waals surface area contributed by atoms with Crippen LogP contribution in [0.5, 0.6) is 17.2 Å². The number of aromatic hydroxyl groups is 2. The van der Waals surface area contributed by atoms with E-state index in [-0.39, 0.29) is 41.9 Å². The molecule has 8 heteroatoms. The quantitative estimate of drug-likeness (QED) is 0.573. The highest BCUT2D eigenvalue weighted by atomic mass is 16.5. The molecule has 0 saturated heterocycles. The molecule has 0 unspecified atom stereocenters. The molecule has 170 valence electrons. The summed E-state index contributed by atoms with van der Waals surface area (Å²) < 4.78 is 5.58. The average molecular weight is 440 g/mol. The number of hydrogen-bond donors (Lipinski definition) is 3. The maximum atomic E-state index is 13.3. The van der Waals surface area contributed by atoms with Gasteiger partial charge in [-0.2, -0.15) is 0 Å². The first kappa shape index (κ1) is 23.1. The molecule has 0 aliphatic carbocycles. The molecule has 32 heavy (non-hydrogen) atoms. The Bertz CT molecular complexity index is 1060. The van der Waals surface area contributed by atoms with Gasteiger partial charge in [-0.25, -0.2) is 0 Å². The summed E-state index contributed by atoms with van der Waals surface area (Å²) in [5, 5.41) is 23.3. The average Bonchev–Trinajstić information content (AvgIpc) is 3.17. The van der Waals surface area contributed by atoms with E-state index >= 15 is 0 Å². The van der Waals surface area contributed by atoms with E-state index < -0.39 is 5.91 Å². The number of ether oxygens (including phenoxy) is 1. The zero-order valence-electron chi connectivity index (χ0n) is 18.8. The van der Waals surface area contributed by atoms with E-state index in [1.165, 1.54) is 6.08 Å². The van der Waals surface area contributed by atoms with Crippen molar-refractivity contribution in [1.29, 1.82) is 0 Å². The van der Waals surface area contributed by atoms with Gasteiger partial charge in [0.1, 0.15) is 22.8 Å². The van der Waals surface area contributed by atoms with E-state index in [0.717, 1.165) is 17.2 Å². The molecule has 0 atom stereocenters. The van der Waals surface area contributed by atoms with E-state index in [1.54, 1.807) is 30.9 Å². The van der Waals surface area contributed by atoms with Crippen molar-refractivity contribution in [2.75, 3.05) is 32.6 Å². The Morgan fingerprint density at radius 3 is 2.66 bits per heavy atom. The Morgan fingerprint density at radius 2 is 1.97 bits per heavy atom. The smallest absolute Gasteiger partial charge is 0.262 e. The molecule has 2 amide bonds. The number of fused-ring (bicyclic) bond motifs is 1. The van der Waals surface area contributed by atoms with Crippen molar-refractivity contribution in [3.63, 3.8) is 0 Å². The van der Waals surface area contributed by atoms with E-state index in [1.807, 2.05) is 31.1 Å². The molecule has 1 heterocycles. The molecule has 2 aromatic rings. The van der Waals surface area contributed by atoms with Crippen molar-refractivity contribution < 1.29 is 24.5 Å². The van der Waals surface area contributed by atoms with Crippen LogP contribution in [-0.2, 0) is 17.9 Å². The molecule has 3 rings (SSSR count). The summed E-state index contributed by atoms with van der Waals surface area (Å²) in [4.78, 5) is 29.2. The molecule has 0 fully saturated rings. The summed E-state index contributed by atoms with van der Waals surface area (Å²) in [5.41, 5.74) is 2.83. The van der Waals surface area contributed by atoms with Gasteiger partial charge in [0.05, 0.1) is 6.61 Å². The highest BCUT2D eigenvalue weighted by Gasteiger charge is 2.31. The predicted molar refractivity (Wildman–Crippen MR) is 122 cm³/mol. The number of rotatable bonds is 7. The number of likely N-dealkylation sites (N-methyl/N-ethyl adjacent to an activating group) is 1. The van der Waals surface area contributed by atoms with Gasteiger partial charge in [-0.15, -0.1) is 0 Å². The second-order valence-corrected chi connectivity index (χ2v) is 7.94. The van der Waals surface area contributed by atoms with Crippen molar-refractivity contribution in [3.8, 4) is 17.2 Å². The van der Waals surface area contributed by atoms with Crippen LogP contribution in [0.4, 0.5) is 5.69 Å². The lowest BCUT2D eigenvalue weighted by Gasteiger charge is -2.20. The molecule has 0 bridgehead atoms. The van der Waals surface area contributed by atoms with Crippen LogP contribution in [0.1, 0.15) is 34.0 Å². The van der Waals surface area contributed by atoms with Crippen LogP contribution in [0.3, 0.4) is 0 Å². The van der Waals surface area contributed by atoms with Crippen molar-refractivity contribution >= 4 is 17.5 Å². The Morgan fingerprint density at radius 1 is 1.22 bits per heavy atom. The third-order valence-corrected chi connectivity index (χ3v) is 5.25.